The van der Waals surface area contributed by atoms with E-state index >= 15 is 0 Å². The topological polar surface area (TPSA) is 100.0 Å². The number of anilines is 1. The molecule has 3 rings (SSSR count). The molecule has 7 heteroatoms. The van der Waals surface area contributed by atoms with E-state index in [4.69, 9.17) is 15.0 Å². The molecule has 0 unspecified atom stereocenters. The van der Waals surface area contributed by atoms with Crippen molar-refractivity contribution in [1.29, 1.82) is 0 Å². The highest BCUT2D eigenvalue weighted by atomic mass is 16.5. The largest absolute Gasteiger partial charge is 0.384 e. The molecule has 0 saturated carbocycles. The number of nitrogen functional groups attached to an aromatic ring is 1. The Balaban J connectivity index is 1.44. The van der Waals surface area contributed by atoms with E-state index in [1.807, 2.05) is 30.3 Å². The number of ether oxygens (including phenoxy) is 1. The molecule has 0 spiro atoms. The minimum absolute atomic E-state index is 0.345. The van der Waals surface area contributed by atoms with Gasteiger partial charge in [-0.3, -0.25) is 0 Å². The van der Waals surface area contributed by atoms with Crippen molar-refractivity contribution in [3.63, 3.8) is 0 Å². The molecule has 3 aromatic rings. The van der Waals surface area contributed by atoms with Gasteiger partial charge in [-0.1, -0.05) is 35.5 Å². The first kappa shape index (κ1) is 15.1. The number of benzene rings is 1. The summed E-state index contributed by atoms with van der Waals surface area (Å²) in [6, 6.07) is 11.7. The minimum Gasteiger partial charge on any atom is -0.384 e. The predicted octanol–water partition coefficient (Wildman–Crippen LogP) is 2.26. The molecule has 0 aliphatic carbocycles. The van der Waals surface area contributed by atoms with Crippen LogP contribution < -0.4 is 5.73 Å². The number of aromatic nitrogens is 4. The summed E-state index contributed by atoms with van der Waals surface area (Å²) in [4.78, 5) is 12.4. The van der Waals surface area contributed by atoms with Crippen LogP contribution in [0.2, 0.25) is 0 Å². The molecule has 0 aliphatic rings. The van der Waals surface area contributed by atoms with E-state index in [0.29, 0.717) is 43.0 Å². The second-order valence-electron chi connectivity index (χ2n) is 4.96. The fourth-order valence-corrected chi connectivity index (χ4v) is 2.02. The first-order valence-corrected chi connectivity index (χ1v) is 7.34. The van der Waals surface area contributed by atoms with Crippen molar-refractivity contribution in [3.05, 3.63) is 54.0 Å². The maximum atomic E-state index is 5.62. The predicted molar refractivity (Wildman–Crippen MR) is 84.2 cm³/mol. The van der Waals surface area contributed by atoms with Gasteiger partial charge in [0.15, 0.2) is 0 Å². The summed E-state index contributed by atoms with van der Waals surface area (Å²) in [7, 11) is 0. The lowest BCUT2D eigenvalue weighted by Gasteiger charge is -2.02. The van der Waals surface area contributed by atoms with Crippen molar-refractivity contribution < 1.29 is 9.26 Å². The van der Waals surface area contributed by atoms with Crippen LogP contribution in [0.4, 0.5) is 5.82 Å². The fourth-order valence-electron chi connectivity index (χ4n) is 2.02. The van der Waals surface area contributed by atoms with E-state index < -0.39 is 0 Å². The summed E-state index contributed by atoms with van der Waals surface area (Å²) < 4.78 is 10.8. The van der Waals surface area contributed by atoms with Crippen molar-refractivity contribution >= 4 is 5.82 Å². The molecule has 118 valence electrons. The number of nitrogens with zero attached hydrogens (tertiary/aromatic N) is 4. The molecule has 0 aliphatic heterocycles. The summed E-state index contributed by atoms with van der Waals surface area (Å²) in [5.74, 6) is 1.61. The quantitative estimate of drug-likeness (QED) is 0.668. The summed E-state index contributed by atoms with van der Waals surface area (Å²) in [5, 5.41) is 3.87. The average molecular weight is 311 g/mol. The van der Waals surface area contributed by atoms with E-state index in [9.17, 15) is 0 Å². The molecule has 0 amide bonds. The van der Waals surface area contributed by atoms with Crippen LogP contribution >= 0.6 is 0 Å². The van der Waals surface area contributed by atoms with Crippen LogP contribution in [-0.2, 0) is 17.8 Å². The van der Waals surface area contributed by atoms with E-state index in [0.717, 1.165) is 12.0 Å². The first-order chi connectivity index (χ1) is 11.3. The maximum Gasteiger partial charge on any atom is 0.240 e. The maximum absolute atomic E-state index is 5.62. The van der Waals surface area contributed by atoms with E-state index in [1.165, 1.54) is 0 Å². The van der Waals surface area contributed by atoms with Crippen molar-refractivity contribution in [2.45, 2.75) is 19.4 Å². The highest BCUT2D eigenvalue weighted by Gasteiger charge is 2.11. The molecule has 0 atom stereocenters. The molecule has 23 heavy (non-hydrogen) atoms. The second-order valence-corrected chi connectivity index (χ2v) is 4.96. The molecular formula is C16H17N5O2. The van der Waals surface area contributed by atoms with Gasteiger partial charge in [0.05, 0.1) is 6.61 Å². The summed E-state index contributed by atoms with van der Waals surface area (Å²) in [6.07, 6.45) is 3.00. The standard InChI is InChI=1S/C16H17N5O2/c17-13-8-9-18-15(19-13)16-20-14(23-21-16)7-4-10-22-11-12-5-2-1-3-6-12/h1-3,5-6,8-9H,4,7,10-11H2,(H2,17,18,19). The Morgan fingerprint density at radius 2 is 1.91 bits per heavy atom. The van der Waals surface area contributed by atoms with Gasteiger partial charge in [-0.05, 0) is 18.1 Å². The van der Waals surface area contributed by atoms with Gasteiger partial charge in [0, 0.05) is 19.2 Å². The van der Waals surface area contributed by atoms with Gasteiger partial charge >= 0.3 is 0 Å². The van der Waals surface area contributed by atoms with Crippen molar-refractivity contribution in [1.82, 2.24) is 20.1 Å². The van der Waals surface area contributed by atoms with E-state index in [1.54, 1.807) is 12.3 Å². The lowest BCUT2D eigenvalue weighted by atomic mass is 10.2. The Morgan fingerprint density at radius 3 is 2.74 bits per heavy atom. The van der Waals surface area contributed by atoms with Gasteiger partial charge in [0.25, 0.3) is 0 Å². The molecule has 7 nitrogen and oxygen atoms in total. The minimum atomic E-state index is 0.345. The normalized spacial score (nSPS) is 10.8. The SMILES string of the molecule is Nc1ccnc(-c2noc(CCCOCc3ccccc3)n2)n1. The van der Waals surface area contributed by atoms with Crippen LogP contribution in [0.15, 0.2) is 47.1 Å². The molecule has 0 bridgehead atoms. The zero-order chi connectivity index (χ0) is 15.9. The molecule has 1 aromatic carbocycles. The smallest absolute Gasteiger partial charge is 0.240 e. The number of nitrogens with two attached hydrogens (primary N) is 1. The second kappa shape index (κ2) is 7.46. The molecule has 2 N–H and O–H groups in total. The van der Waals surface area contributed by atoms with Crippen molar-refractivity contribution in [2.75, 3.05) is 12.3 Å². The van der Waals surface area contributed by atoms with Gasteiger partial charge in [-0.25, -0.2) is 9.97 Å². The monoisotopic (exact) mass is 311 g/mol. The van der Waals surface area contributed by atoms with E-state index in [-0.39, 0.29) is 0 Å². The highest BCUT2D eigenvalue weighted by Crippen LogP contribution is 2.12. The lowest BCUT2D eigenvalue weighted by molar-refractivity contribution is 0.117. The summed E-state index contributed by atoms with van der Waals surface area (Å²) in [6.45, 7) is 1.23. The van der Waals surface area contributed by atoms with Crippen molar-refractivity contribution in [2.24, 2.45) is 0 Å². The Morgan fingerprint density at radius 1 is 1.04 bits per heavy atom. The molecule has 0 saturated heterocycles. The summed E-state index contributed by atoms with van der Waals surface area (Å²) >= 11 is 0. The fraction of sp³-hybridized carbons (Fsp3) is 0.250. The Hall–Kier alpha value is -2.80. The molecule has 0 fully saturated rings. The zero-order valence-corrected chi connectivity index (χ0v) is 12.6. The van der Waals surface area contributed by atoms with Crippen molar-refractivity contribution in [3.8, 4) is 11.6 Å². The van der Waals surface area contributed by atoms with Crippen LogP contribution in [0.5, 0.6) is 0 Å². The number of hydrogen-bond donors (Lipinski definition) is 1. The number of hydrogen-bond acceptors (Lipinski definition) is 7. The van der Waals surface area contributed by atoms with Gasteiger partial charge in [0.2, 0.25) is 17.5 Å². The summed E-state index contributed by atoms with van der Waals surface area (Å²) in [5.41, 5.74) is 6.77. The third-order valence-electron chi connectivity index (χ3n) is 3.14. The first-order valence-electron chi connectivity index (χ1n) is 7.34. The molecule has 2 heterocycles. The Bertz CT molecular complexity index is 745. The lowest BCUT2D eigenvalue weighted by Crippen LogP contribution is -1.98. The van der Waals surface area contributed by atoms with Crippen LogP contribution in [0.3, 0.4) is 0 Å². The average Bonchev–Trinajstić information content (AvgIpc) is 3.04. The van der Waals surface area contributed by atoms with Crippen LogP contribution in [0.1, 0.15) is 17.9 Å². The third-order valence-corrected chi connectivity index (χ3v) is 3.14. The Kier molecular flexibility index (Phi) is 4.90. The highest BCUT2D eigenvalue weighted by molar-refractivity contribution is 5.45. The van der Waals surface area contributed by atoms with Gasteiger partial charge in [0.1, 0.15) is 5.82 Å². The molecular weight excluding hydrogens is 294 g/mol. The van der Waals surface area contributed by atoms with Crippen LogP contribution in [0.25, 0.3) is 11.6 Å². The van der Waals surface area contributed by atoms with Crippen LogP contribution in [0, 0.1) is 0 Å². The third kappa shape index (κ3) is 4.33. The number of aryl methyl sites for hydroxylation is 1. The molecule has 2 aromatic heterocycles. The zero-order valence-electron chi connectivity index (χ0n) is 12.6. The Labute approximate surface area is 133 Å². The molecule has 0 radical (unpaired) electrons. The van der Waals surface area contributed by atoms with Crippen LogP contribution in [-0.4, -0.2) is 26.7 Å². The van der Waals surface area contributed by atoms with E-state index in [2.05, 4.69) is 20.1 Å². The number of rotatable bonds is 7. The van der Waals surface area contributed by atoms with Gasteiger partial charge in [-0.2, -0.15) is 4.98 Å². The van der Waals surface area contributed by atoms with Gasteiger partial charge < -0.3 is 15.0 Å². The van der Waals surface area contributed by atoms with Gasteiger partial charge in [-0.15, -0.1) is 0 Å².